The lowest BCUT2D eigenvalue weighted by atomic mass is 10.1. The molecule has 0 saturated heterocycles. The summed E-state index contributed by atoms with van der Waals surface area (Å²) in [5.74, 6) is -0.404. The van der Waals surface area contributed by atoms with Gasteiger partial charge in [-0.25, -0.2) is 4.79 Å². The highest BCUT2D eigenvalue weighted by Crippen LogP contribution is 2.32. The van der Waals surface area contributed by atoms with Crippen molar-refractivity contribution in [2.45, 2.75) is 20.8 Å². The molecule has 0 aliphatic rings. The van der Waals surface area contributed by atoms with Crippen LogP contribution in [0.3, 0.4) is 0 Å². The topological polar surface area (TPSA) is 51.2 Å². The molecule has 0 spiro atoms. The number of fused-ring (bicyclic) bond motifs is 1. The zero-order chi connectivity index (χ0) is 18.0. The first-order chi connectivity index (χ1) is 12.0. The number of hydrogen-bond donors (Lipinski definition) is 1. The van der Waals surface area contributed by atoms with Crippen molar-refractivity contribution in [2.24, 2.45) is 0 Å². The third-order valence-electron chi connectivity index (χ3n) is 4.04. The zero-order valence-corrected chi connectivity index (χ0v) is 15.1. The number of nitrogens with one attached hydrogen (secondary N) is 1. The van der Waals surface area contributed by atoms with Gasteiger partial charge in [-0.2, -0.15) is 0 Å². The molecule has 0 saturated carbocycles. The second-order valence-corrected chi connectivity index (χ2v) is 6.23. The average Bonchev–Trinajstić information content (AvgIpc) is 2.59. The normalized spacial score (nSPS) is 10.7. The molecule has 25 heavy (non-hydrogen) atoms. The summed E-state index contributed by atoms with van der Waals surface area (Å²) in [7, 11) is 0. The van der Waals surface area contributed by atoms with E-state index in [1.54, 1.807) is 13.1 Å². The van der Waals surface area contributed by atoms with Gasteiger partial charge in [0.25, 0.3) is 0 Å². The van der Waals surface area contributed by atoms with Gasteiger partial charge in [0.15, 0.2) is 0 Å². The first-order valence-corrected chi connectivity index (χ1v) is 8.47. The number of carbonyl (C=O) groups excluding carboxylic acids is 1. The van der Waals surface area contributed by atoms with Crippen LogP contribution >= 0.6 is 11.6 Å². The largest absolute Gasteiger partial charge is 0.462 e. The number of benzene rings is 2. The van der Waals surface area contributed by atoms with E-state index in [-0.39, 0.29) is 0 Å². The number of rotatable bonds is 4. The standard InChI is InChI=1S/C20H19ClN2O2/c1-4-25-20(24)16-11-22-18-13(3)6-5-7-15(18)19(16)23-14-9-8-12(2)17(21)10-14/h5-11H,4H2,1-3H3,(H,22,23). The van der Waals surface area contributed by atoms with E-state index in [0.29, 0.717) is 22.9 Å². The Morgan fingerprint density at radius 3 is 2.72 bits per heavy atom. The van der Waals surface area contributed by atoms with Crippen LogP contribution in [0.2, 0.25) is 5.02 Å². The number of aryl methyl sites for hydroxylation is 2. The molecule has 4 nitrogen and oxygen atoms in total. The highest BCUT2D eigenvalue weighted by molar-refractivity contribution is 6.31. The summed E-state index contributed by atoms with van der Waals surface area (Å²) >= 11 is 6.23. The molecular weight excluding hydrogens is 336 g/mol. The second kappa shape index (κ2) is 7.11. The van der Waals surface area contributed by atoms with Crippen molar-refractivity contribution >= 4 is 39.8 Å². The fourth-order valence-electron chi connectivity index (χ4n) is 2.68. The van der Waals surface area contributed by atoms with E-state index in [9.17, 15) is 4.79 Å². The average molecular weight is 355 g/mol. The SMILES string of the molecule is CCOC(=O)c1cnc2c(C)cccc2c1Nc1ccc(C)c(Cl)c1. The van der Waals surface area contributed by atoms with E-state index < -0.39 is 5.97 Å². The molecule has 1 N–H and O–H groups in total. The Bertz CT molecular complexity index is 954. The smallest absolute Gasteiger partial charge is 0.341 e. The maximum absolute atomic E-state index is 12.4. The van der Waals surface area contributed by atoms with Crippen molar-refractivity contribution in [1.82, 2.24) is 4.98 Å². The quantitative estimate of drug-likeness (QED) is 0.635. The number of carbonyl (C=O) groups is 1. The summed E-state index contributed by atoms with van der Waals surface area (Å²) in [4.78, 5) is 16.8. The number of esters is 1. The zero-order valence-electron chi connectivity index (χ0n) is 14.4. The second-order valence-electron chi connectivity index (χ2n) is 5.83. The number of hydrogen-bond acceptors (Lipinski definition) is 4. The molecule has 5 heteroatoms. The molecule has 0 amide bonds. The highest BCUT2D eigenvalue weighted by atomic mass is 35.5. The van der Waals surface area contributed by atoms with E-state index in [4.69, 9.17) is 16.3 Å². The van der Waals surface area contributed by atoms with Crippen LogP contribution in [-0.4, -0.2) is 17.6 Å². The van der Waals surface area contributed by atoms with Gasteiger partial charge < -0.3 is 10.1 Å². The molecule has 2 aromatic carbocycles. The molecule has 0 bridgehead atoms. The Hall–Kier alpha value is -2.59. The van der Waals surface area contributed by atoms with Crippen molar-refractivity contribution in [3.8, 4) is 0 Å². The Balaban J connectivity index is 2.17. The summed E-state index contributed by atoms with van der Waals surface area (Å²) in [6.45, 7) is 6.02. The van der Waals surface area contributed by atoms with Crippen LogP contribution < -0.4 is 5.32 Å². The van der Waals surface area contributed by atoms with Crippen LogP contribution in [0.15, 0.2) is 42.6 Å². The molecular formula is C20H19ClN2O2. The predicted octanol–water partition coefficient (Wildman–Crippen LogP) is 5.43. The molecule has 0 radical (unpaired) electrons. The van der Waals surface area contributed by atoms with Crippen LogP contribution in [0.5, 0.6) is 0 Å². The van der Waals surface area contributed by atoms with E-state index in [1.165, 1.54) is 0 Å². The van der Waals surface area contributed by atoms with Gasteiger partial charge >= 0.3 is 5.97 Å². The van der Waals surface area contributed by atoms with E-state index in [1.807, 2.05) is 50.2 Å². The number of para-hydroxylation sites is 1. The first-order valence-electron chi connectivity index (χ1n) is 8.10. The van der Waals surface area contributed by atoms with E-state index in [2.05, 4.69) is 10.3 Å². The Labute approximate surface area is 151 Å². The summed E-state index contributed by atoms with van der Waals surface area (Å²) in [5, 5.41) is 4.85. The fourth-order valence-corrected chi connectivity index (χ4v) is 2.86. The molecule has 0 aliphatic heterocycles. The van der Waals surface area contributed by atoms with Crippen LogP contribution in [0.4, 0.5) is 11.4 Å². The summed E-state index contributed by atoms with van der Waals surface area (Å²) < 4.78 is 5.18. The molecule has 3 aromatic rings. The molecule has 1 aromatic heterocycles. The van der Waals surface area contributed by atoms with Gasteiger partial charge in [-0.1, -0.05) is 35.9 Å². The van der Waals surface area contributed by atoms with Crippen LogP contribution in [-0.2, 0) is 4.74 Å². The van der Waals surface area contributed by atoms with Crippen molar-refractivity contribution in [3.05, 3.63) is 64.3 Å². The van der Waals surface area contributed by atoms with Crippen molar-refractivity contribution in [3.63, 3.8) is 0 Å². The lowest BCUT2D eigenvalue weighted by Crippen LogP contribution is -2.09. The molecule has 0 fully saturated rings. The van der Waals surface area contributed by atoms with E-state index >= 15 is 0 Å². The number of pyridine rings is 1. The molecule has 3 rings (SSSR count). The number of ether oxygens (including phenoxy) is 1. The molecule has 0 aliphatic carbocycles. The summed E-state index contributed by atoms with van der Waals surface area (Å²) in [6, 6.07) is 11.6. The number of anilines is 2. The Kier molecular flexibility index (Phi) is 4.91. The van der Waals surface area contributed by atoms with Gasteiger partial charge in [-0.05, 0) is 44.0 Å². The molecule has 1 heterocycles. The molecule has 0 atom stereocenters. The first kappa shape index (κ1) is 17.2. The third-order valence-corrected chi connectivity index (χ3v) is 4.44. The van der Waals surface area contributed by atoms with Crippen LogP contribution in [0.25, 0.3) is 10.9 Å². The van der Waals surface area contributed by atoms with Crippen molar-refractivity contribution in [1.29, 1.82) is 0 Å². The number of halogens is 1. The summed E-state index contributed by atoms with van der Waals surface area (Å²) in [5.41, 5.74) is 4.75. The van der Waals surface area contributed by atoms with Gasteiger partial charge in [0.1, 0.15) is 5.56 Å². The highest BCUT2D eigenvalue weighted by Gasteiger charge is 2.17. The minimum absolute atomic E-state index is 0.306. The maximum Gasteiger partial charge on any atom is 0.341 e. The van der Waals surface area contributed by atoms with Gasteiger partial charge in [-0.15, -0.1) is 0 Å². The lowest BCUT2D eigenvalue weighted by Gasteiger charge is -2.15. The van der Waals surface area contributed by atoms with Gasteiger partial charge in [0.2, 0.25) is 0 Å². The van der Waals surface area contributed by atoms with E-state index in [0.717, 1.165) is 27.7 Å². The van der Waals surface area contributed by atoms with Gasteiger partial charge in [0, 0.05) is 22.3 Å². The van der Waals surface area contributed by atoms with Crippen molar-refractivity contribution < 1.29 is 9.53 Å². The number of aromatic nitrogens is 1. The Morgan fingerprint density at radius 1 is 1.20 bits per heavy atom. The third kappa shape index (κ3) is 3.44. The maximum atomic E-state index is 12.4. The van der Waals surface area contributed by atoms with Crippen molar-refractivity contribution in [2.75, 3.05) is 11.9 Å². The van der Waals surface area contributed by atoms with Gasteiger partial charge in [-0.3, -0.25) is 4.98 Å². The van der Waals surface area contributed by atoms with Crippen LogP contribution in [0, 0.1) is 13.8 Å². The van der Waals surface area contributed by atoms with Gasteiger partial charge in [0.05, 0.1) is 17.8 Å². The lowest BCUT2D eigenvalue weighted by molar-refractivity contribution is 0.0527. The molecule has 0 unspecified atom stereocenters. The van der Waals surface area contributed by atoms with Crippen LogP contribution in [0.1, 0.15) is 28.4 Å². The minimum Gasteiger partial charge on any atom is -0.462 e. The fraction of sp³-hybridized carbons (Fsp3) is 0.200. The minimum atomic E-state index is -0.404. The summed E-state index contributed by atoms with van der Waals surface area (Å²) in [6.07, 6.45) is 1.56. The Morgan fingerprint density at radius 2 is 2.00 bits per heavy atom. The molecule has 128 valence electrons. The predicted molar refractivity (Wildman–Crippen MR) is 102 cm³/mol. The monoisotopic (exact) mass is 354 g/mol. The number of nitrogens with zero attached hydrogens (tertiary/aromatic N) is 1.